The van der Waals surface area contributed by atoms with Crippen LogP contribution in [0.2, 0.25) is 0 Å². The maximum atomic E-state index is 12.9. The number of nitrogens with one attached hydrogen (secondary N) is 1. The third-order valence-corrected chi connectivity index (χ3v) is 6.82. The van der Waals surface area contributed by atoms with Crippen molar-refractivity contribution < 1.29 is 9.21 Å². The van der Waals surface area contributed by atoms with Gasteiger partial charge in [-0.15, -0.1) is 11.3 Å². The molecule has 5 rings (SSSR count). The average Bonchev–Trinajstić information content (AvgIpc) is 3.58. The first kappa shape index (κ1) is 22.1. The number of hydrogen-bond acceptors (Lipinski definition) is 6. The van der Waals surface area contributed by atoms with Gasteiger partial charge in [0.2, 0.25) is 5.91 Å². The van der Waals surface area contributed by atoms with E-state index >= 15 is 0 Å². The molecule has 34 heavy (non-hydrogen) atoms. The second kappa shape index (κ2) is 10.5. The molecule has 1 unspecified atom stereocenters. The highest BCUT2D eigenvalue weighted by Crippen LogP contribution is 2.35. The zero-order valence-electron chi connectivity index (χ0n) is 18.1. The van der Waals surface area contributed by atoms with Crippen LogP contribution in [0.3, 0.4) is 0 Å². The van der Waals surface area contributed by atoms with Crippen LogP contribution in [0.4, 0.5) is 0 Å². The van der Waals surface area contributed by atoms with Gasteiger partial charge in [-0.25, -0.2) is 9.97 Å². The lowest BCUT2D eigenvalue weighted by molar-refractivity contribution is -0.119. The van der Waals surface area contributed by atoms with Gasteiger partial charge in [0, 0.05) is 22.7 Å². The zero-order valence-corrected chi connectivity index (χ0v) is 19.8. The van der Waals surface area contributed by atoms with Crippen LogP contribution in [0.15, 0.2) is 112 Å². The molecule has 1 atom stereocenters. The molecule has 7 heteroatoms. The number of rotatable bonds is 8. The Kier molecular flexibility index (Phi) is 6.84. The van der Waals surface area contributed by atoms with Crippen LogP contribution in [0.5, 0.6) is 0 Å². The molecule has 0 fully saturated rings. The van der Waals surface area contributed by atoms with Crippen molar-refractivity contribution in [3.8, 4) is 22.6 Å². The Hall–Kier alpha value is -3.68. The van der Waals surface area contributed by atoms with Crippen LogP contribution in [0, 0.1) is 0 Å². The fourth-order valence-corrected chi connectivity index (χ4v) is 4.93. The highest BCUT2D eigenvalue weighted by Gasteiger charge is 2.21. The molecular weight excluding hydrogens is 462 g/mol. The number of nitrogens with zero attached hydrogens (tertiary/aromatic N) is 2. The predicted octanol–water partition coefficient (Wildman–Crippen LogP) is 6.46. The minimum absolute atomic E-state index is 0.116. The molecule has 0 aliphatic heterocycles. The molecule has 3 aromatic carbocycles. The van der Waals surface area contributed by atoms with Crippen LogP contribution in [0.1, 0.15) is 16.6 Å². The number of hydrogen-bond donors (Lipinski definition) is 1. The van der Waals surface area contributed by atoms with Gasteiger partial charge < -0.3 is 9.73 Å². The Labute approximate surface area is 205 Å². The van der Waals surface area contributed by atoms with Crippen LogP contribution in [0.25, 0.3) is 22.6 Å². The number of amides is 1. The summed E-state index contributed by atoms with van der Waals surface area (Å²) >= 11 is 2.80. The average molecular weight is 484 g/mol. The summed E-state index contributed by atoms with van der Waals surface area (Å²) in [5.41, 5.74) is 3.66. The van der Waals surface area contributed by atoms with E-state index in [9.17, 15) is 4.79 Å². The van der Waals surface area contributed by atoms with Crippen molar-refractivity contribution in [1.82, 2.24) is 15.3 Å². The molecule has 0 saturated heterocycles. The first-order valence-electron chi connectivity index (χ1n) is 10.8. The highest BCUT2D eigenvalue weighted by molar-refractivity contribution is 7.99. The number of aromatic nitrogens is 2. The molecule has 0 aliphatic carbocycles. The second-order valence-corrected chi connectivity index (χ2v) is 9.31. The normalized spacial score (nSPS) is 11.8. The summed E-state index contributed by atoms with van der Waals surface area (Å²) < 4.78 is 6.13. The monoisotopic (exact) mass is 483 g/mol. The van der Waals surface area contributed by atoms with Crippen molar-refractivity contribution in [3.63, 3.8) is 0 Å². The maximum absolute atomic E-state index is 12.9. The molecule has 0 aliphatic rings. The molecular formula is C27H21N3O2S2. The molecule has 0 saturated carbocycles. The summed E-state index contributed by atoms with van der Waals surface area (Å²) in [4.78, 5) is 22.0. The number of carbonyl (C=O) groups is 1. The molecule has 0 radical (unpaired) electrons. The maximum Gasteiger partial charge on any atom is 0.257 e. The van der Waals surface area contributed by atoms with Gasteiger partial charge in [-0.05, 0) is 5.56 Å². The van der Waals surface area contributed by atoms with Crippen molar-refractivity contribution in [2.45, 2.75) is 11.3 Å². The topological polar surface area (TPSA) is 68.0 Å². The fraction of sp³-hybridized carbons (Fsp3) is 0.0741. The Morgan fingerprint density at radius 1 is 0.912 bits per heavy atom. The predicted molar refractivity (Wildman–Crippen MR) is 137 cm³/mol. The number of benzene rings is 3. The lowest BCUT2D eigenvalue weighted by Crippen LogP contribution is -2.30. The summed E-state index contributed by atoms with van der Waals surface area (Å²) in [7, 11) is 0. The number of oxazole rings is 1. The van der Waals surface area contributed by atoms with E-state index in [1.807, 2.05) is 96.4 Å². The van der Waals surface area contributed by atoms with Gasteiger partial charge in [-0.1, -0.05) is 103 Å². The van der Waals surface area contributed by atoms with Crippen molar-refractivity contribution >= 4 is 29.0 Å². The van der Waals surface area contributed by atoms with Crippen LogP contribution in [-0.4, -0.2) is 21.6 Å². The SMILES string of the molecule is O=C(CSc1nc(-c2ccccc2)c(-c2ccccc2)o1)NC(c1ccccc1)c1nccs1. The summed E-state index contributed by atoms with van der Waals surface area (Å²) in [6.45, 7) is 0. The number of thioether (sulfide) groups is 1. The third-order valence-electron chi connectivity index (χ3n) is 5.15. The van der Waals surface area contributed by atoms with Gasteiger partial charge in [0.15, 0.2) is 5.76 Å². The minimum atomic E-state index is -0.293. The second-order valence-electron chi connectivity index (χ2n) is 7.46. The standard InChI is InChI=1S/C27H21N3O2S2/c31-22(29-24(26-28-16-17-33-26)20-12-6-2-7-13-20)18-34-27-30-23(19-10-4-1-5-11-19)25(32-27)21-14-8-3-9-15-21/h1-17,24H,18H2,(H,29,31). The van der Waals surface area contributed by atoms with Crippen molar-refractivity contribution in [2.75, 3.05) is 5.75 Å². The van der Waals surface area contributed by atoms with E-state index in [1.54, 1.807) is 6.20 Å². The van der Waals surface area contributed by atoms with E-state index in [1.165, 1.54) is 23.1 Å². The minimum Gasteiger partial charge on any atom is -0.431 e. The van der Waals surface area contributed by atoms with Crippen molar-refractivity contribution in [2.24, 2.45) is 0 Å². The highest BCUT2D eigenvalue weighted by atomic mass is 32.2. The van der Waals surface area contributed by atoms with Gasteiger partial charge in [0.25, 0.3) is 5.22 Å². The van der Waals surface area contributed by atoms with Crippen molar-refractivity contribution in [3.05, 3.63) is 113 Å². The first-order valence-corrected chi connectivity index (χ1v) is 12.6. The summed E-state index contributed by atoms with van der Waals surface area (Å²) in [6, 6.07) is 29.4. The van der Waals surface area contributed by atoms with E-state index in [0.29, 0.717) is 11.0 Å². The molecule has 5 aromatic rings. The number of thiazole rings is 1. The van der Waals surface area contributed by atoms with Gasteiger partial charge >= 0.3 is 0 Å². The lowest BCUT2D eigenvalue weighted by Gasteiger charge is -2.16. The van der Waals surface area contributed by atoms with E-state index in [0.717, 1.165) is 27.4 Å². The van der Waals surface area contributed by atoms with Crippen LogP contribution >= 0.6 is 23.1 Å². The molecule has 2 aromatic heterocycles. The van der Waals surface area contributed by atoms with Crippen LogP contribution in [-0.2, 0) is 4.79 Å². The summed E-state index contributed by atoms with van der Waals surface area (Å²) in [5.74, 6) is 0.756. The van der Waals surface area contributed by atoms with E-state index < -0.39 is 0 Å². The number of carbonyl (C=O) groups excluding carboxylic acids is 1. The Balaban J connectivity index is 1.35. The fourth-order valence-electron chi connectivity index (χ4n) is 3.58. The van der Waals surface area contributed by atoms with Gasteiger partial charge in [-0.2, -0.15) is 0 Å². The molecule has 1 N–H and O–H groups in total. The van der Waals surface area contributed by atoms with E-state index in [-0.39, 0.29) is 17.7 Å². The summed E-state index contributed by atoms with van der Waals surface area (Å²) in [5, 5.41) is 6.32. The smallest absolute Gasteiger partial charge is 0.257 e. The molecule has 1 amide bonds. The Morgan fingerprint density at radius 3 is 2.21 bits per heavy atom. The van der Waals surface area contributed by atoms with E-state index in [2.05, 4.69) is 10.3 Å². The molecule has 2 heterocycles. The molecule has 0 bridgehead atoms. The van der Waals surface area contributed by atoms with Gasteiger partial charge in [-0.3, -0.25) is 4.79 Å². The molecule has 168 valence electrons. The van der Waals surface area contributed by atoms with Gasteiger partial charge in [0.1, 0.15) is 16.7 Å². The molecule has 0 spiro atoms. The van der Waals surface area contributed by atoms with Crippen molar-refractivity contribution in [1.29, 1.82) is 0 Å². The first-order chi connectivity index (χ1) is 16.8. The summed E-state index contributed by atoms with van der Waals surface area (Å²) in [6.07, 6.45) is 1.75. The molecule has 5 nitrogen and oxygen atoms in total. The zero-order chi connectivity index (χ0) is 23.2. The Morgan fingerprint density at radius 2 is 1.56 bits per heavy atom. The third kappa shape index (κ3) is 5.11. The largest absolute Gasteiger partial charge is 0.431 e. The Bertz CT molecular complexity index is 1280. The van der Waals surface area contributed by atoms with Gasteiger partial charge in [0.05, 0.1) is 5.75 Å². The lowest BCUT2D eigenvalue weighted by atomic mass is 10.1. The van der Waals surface area contributed by atoms with Crippen LogP contribution < -0.4 is 5.32 Å². The quantitative estimate of drug-likeness (QED) is 0.256. The van der Waals surface area contributed by atoms with E-state index in [4.69, 9.17) is 9.40 Å².